The zero-order valence-corrected chi connectivity index (χ0v) is 15.0. The van der Waals surface area contributed by atoms with Crippen LogP contribution in [0.15, 0.2) is 47.5 Å². The fraction of sp³-hybridized carbons (Fsp3) is 0.182. The molecule has 136 valence electrons. The first kappa shape index (κ1) is 17.3. The van der Waals surface area contributed by atoms with Crippen LogP contribution >= 0.6 is 0 Å². The highest BCUT2D eigenvalue weighted by Crippen LogP contribution is 2.39. The Morgan fingerprint density at radius 3 is 2.67 bits per heavy atom. The maximum atomic E-state index is 14.5. The average Bonchev–Trinajstić information content (AvgIpc) is 3.23. The van der Waals surface area contributed by atoms with E-state index in [2.05, 4.69) is 21.3 Å². The highest BCUT2D eigenvalue weighted by Gasteiger charge is 2.26. The monoisotopic (exact) mass is 363 g/mol. The molecule has 3 aromatic rings. The number of halogens is 2. The molecule has 0 aliphatic carbocycles. The van der Waals surface area contributed by atoms with Crippen molar-refractivity contribution in [3.05, 3.63) is 65.5 Å². The standard InChI is InChI=1S/C22H19F2N3/c1-3-6-14-13-15(10-11-18(14)25-2)22-21(26-19-9-5-12-27(19)22)20-16(23)7-4-8-17(20)24/h3-4,6-8,10-11,13H,2,5,9,12H2,1H3/b6-3-. The second-order valence-electron chi connectivity index (χ2n) is 6.51. The molecule has 0 atom stereocenters. The molecule has 2 aromatic carbocycles. The Labute approximate surface area is 156 Å². The summed E-state index contributed by atoms with van der Waals surface area (Å²) in [6, 6.07) is 9.64. The van der Waals surface area contributed by atoms with Gasteiger partial charge in [-0.15, -0.1) is 0 Å². The fourth-order valence-electron chi connectivity index (χ4n) is 3.68. The summed E-state index contributed by atoms with van der Waals surface area (Å²) in [6.45, 7) is 6.32. The minimum atomic E-state index is -0.605. The lowest BCUT2D eigenvalue weighted by Gasteiger charge is -2.11. The molecule has 0 amide bonds. The summed E-state index contributed by atoms with van der Waals surface area (Å²) < 4.78 is 31.0. The quantitative estimate of drug-likeness (QED) is 0.538. The van der Waals surface area contributed by atoms with Gasteiger partial charge in [-0.05, 0) is 44.3 Å². The van der Waals surface area contributed by atoms with Gasteiger partial charge in [0.2, 0.25) is 0 Å². The normalized spacial score (nSPS) is 13.3. The second-order valence-corrected chi connectivity index (χ2v) is 6.51. The van der Waals surface area contributed by atoms with Crippen LogP contribution in [0.3, 0.4) is 0 Å². The molecule has 0 bridgehead atoms. The van der Waals surface area contributed by atoms with Crippen molar-refractivity contribution in [3.8, 4) is 22.5 Å². The molecule has 4 rings (SSSR count). The molecule has 1 aliphatic heterocycles. The van der Waals surface area contributed by atoms with E-state index in [0.29, 0.717) is 5.69 Å². The highest BCUT2D eigenvalue weighted by atomic mass is 19.1. The van der Waals surface area contributed by atoms with Crippen LogP contribution < -0.4 is 0 Å². The minimum Gasteiger partial charge on any atom is -0.327 e. The molecule has 2 heterocycles. The number of hydrogen-bond acceptors (Lipinski definition) is 2. The summed E-state index contributed by atoms with van der Waals surface area (Å²) in [6.07, 6.45) is 5.64. The molecule has 0 fully saturated rings. The molecular formula is C22H19F2N3. The number of imidazole rings is 1. The molecule has 0 N–H and O–H groups in total. The van der Waals surface area contributed by atoms with Crippen LogP contribution in [0.2, 0.25) is 0 Å². The largest absolute Gasteiger partial charge is 0.327 e. The molecule has 0 radical (unpaired) electrons. The third-order valence-electron chi connectivity index (χ3n) is 4.85. The molecule has 0 spiro atoms. The zero-order chi connectivity index (χ0) is 19.0. The summed E-state index contributed by atoms with van der Waals surface area (Å²) in [4.78, 5) is 8.66. The number of allylic oxidation sites excluding steroid dienone is 1. The third kappa shape index (κ3) is 2.89. The van der Waals surface area contributed by atoms with Gasteiger partial charge in [0.05, 0.1) is 16.9 Å². The lowest BCUT2D eigenvalue weighted by atomic mass is 10.0. The summed E-state index contributed by atoms with van der Waals surface area (Å²) in [5.74, 6) is -0.349. The fourth-order valence-corrected chi connectivity index (χ4v) is 3.68. The van der Waals surface area contributed by atoms with E-state index in [1.54, 1.807) is 0 Å². The predicted octanol–water partition coefficient (Wildman–Crippen LogP) is 5.81. The molecular weight excluding hydrogens is 344 g/mol. The van der Waals surface area contributed by atoms with Gasteiger partial charge >= 0.3 is 0 Å². The Morgan fingerprint density at radius 2 is 1.96 bits per heavy atom. The zero-order valence-electron chi connectivity index (χ0n) is 15.0. The van der Waals surface area contributed by atoms with Crippen molar-refractivity contribution in [2.45, 2.75) is 26.3 Å². The topological polar surface area (TPSA) is 30.2 Å². The van der Waals surface area contributed by atoms with Gasteiger partial charge in [-0.1, -0.05) is 24.3 Å². The van der Waals surface area contributed by atoms with Crippen LogP contribution in [0.4, 0.5) is 14.5 Å². The number of nitrogens with zero attached hydrogens (tertiary/aromatic N) is 3. The SMILES string of the molecule is C=Nc1ccc(-c2c(-c3c(F)cccc3F)nc3n2CCC3)cc1/C=C\C. The first-order chi connectivity index (χ1) is 13.1. The van der Waals surface area contributed by atoms with E-state index < -0.39 is 11.6 Å². The van der Waals surface area contributed by atoms with E-state index >= 15 is 0 Å². The van der Waals surface area contributed by atoms with Crippen molar-refractivity contribution in [2.24, 2.45) is 4.99 Å². The first-order valence-electron chi connectivity index (χ1n) is 8.91. The summed E-state index contributed by atoms with van der Waals surface area (Å²) in [5, 5.41) is 0. The molecule has 0 saturated carbocycles. The van der Waals surface area contributed by atoms with Gasteiger partial charge in [-0.2, -0.15) is 0 Å². The summed E-state index contributed by atoms with van der Waals surface area (Å²) in [7, 11) is 0. The number of rotatable bonds is 4. The van der Waals surface area contributed by atoms with Crippen molar-refractivity contribution >= 4 is 18.5 Å². The molecule has 0 saturated heterocycles. The maximum Gasteiger partial charge on any atom is 0.135 e. The Kier molecular flexibility index (Phi) is 4.44. The number of aliphatic imine (C=N–C) groups is 1. The maximum absolute atomic E-state index is 14.5. The van der Waals surface area contributed by atoms with Crippen molar-refractivity contribution in [1.82, 2.24) is 9.55 Å². The third-order valence-corrected chi connectivity index (χ3v) is 4.85. The van der Waals surface area contributed by atoms with E-state index in [-0.39, 0.29) is 5.56 Å². The Hall–Kier alpha value is -3.08. The van der Waals surface area contributed by atoms with Crippen LogP contribution in [0.25, 0.3) is 28.6 Å². The van der Waals surface area contributed by atoms with Crippen LogP contribution in [0, 0.1) is 11.6 Å². The van der Waals surface area contributed by atoms with E-state index in [9.17, 15) is 8.78 Å². The van der Waals surface area contributed by atoms with Gasteiger partial charge in [-0.3, -0.25) is 4.99 Å². The van der Waals surface area contributed by atoms with E-state index in [1.165, 1.54) is 18.2 Å². The summed E-state index contributed by atoms with van der Waals surface area (Å²) in [5.41, 5.74) is 3.54. The summed E-state index contributed by atoms with van der Waals surface area (Å²) >= 11 is 0. The van der Waals surface area contributed by atoms with Crippen LogP contribution in [-0.2, 0) is 13.0 Å². The van der Waals surface area contributed by atoms with Crippen molar-refractivity contribution in [2.75, 3.05) is 0 Å². The van der Waals surface area contributed by atoms with Crippen LogP contribution in [0.1, 0.15) is 24.7 Å². The van der Waals surface area contributed by atoms with Crippen molar-refractivity contribution in [3.63, 3.8) is 0 Å². The van der Waals surface area contributed by atoms with Crippen molar-refractivity contribution < 1.29 is 8.78 Å². The number of hydrogen-bond donors (Lipinski definition) is 0. The average molecular weight is 363 g/mol. The van der Waals surface area contributed by atoms with Gasteiger partial charge in [0.15, 0.2) is 0 Å². The Bertz CT molecular complexity index is 1040. The number of aromatic nitrogens is 2. The number of aryl methyl sites for hydroxylation is 1. The molecule has 3 nitrogen and oxygen atoms in total. The molecule has 1 aromatic heterocycles. The number of benzene rings is 2. The van der Waals surface area contributed by atoms with E-state index in [4.69, 9.17) is 0 Å². The predicted molar refractivity (Wildman–Crippen MR) is 105 cm³/mol. The molecule has 0 unspecified atom stereocenters. The molecule has 1 aliphatic rings. The van der Waals surface area contributed by atoms with Crippen LogP contribution in [0.5, 0.6) is 0 Å². The highest BCUT2D eigenvalue weighted by molar-refractivity contribution is 5.82. The lowest BCUT2D eigenvalue weighted by molar-refractivity contribution is 0.588. The van der Waals surface area contributed by atoms with Gasteiger partial charge in [-0.25, -0.2) is 13.8 Å². The minimum absolute atomic E-state index is 0.0760. The van der Waals surface area contributed by atoms with E-state index in [1.807, 2.05) is 37.3 Å². The van der Waals surface area contributed by atoms with Gasteiger partial charge in [0.1, 0.15) is 23.2 Å². The van der Waals surface area contributed by atoms with Gasteiger partial charge < -0.3 is 4.57 Å². The first-order valence-corrected chi connectivity index (χ1v) is 8.91. The van der Waals surface area contributed by atoms with E-state index in [0.717, 1.165) is 47.7 Å². The lowest BCUT2D eigenvalue weighted by Crippen LogP contribution is -1.98. The van der Waals surface area contributed by atoms with Crippen LogP contribution in [-0.4, -0.2) is 16.3 Å². The van der Waals surface area contributed by atoms with Crippen molar-refractivity contribution in [1.29, 1.82) is 0 Å². The second kappa shape index (κ2) is 6.91. The smallest absolute Gasteiger partial charge is 0.135 e. The molecule has 5 heteroatoms. The van der Waals surface area contributed by atoms with Gasteiger partial charge in [0, 0.05) is 24.1 Å². The Balaban J connectivity index is 1.99. The Morgan fingerprint density at radius 1 is 1.19 bits per heavy atom. The molecule has 27 heavy (non-hydrogen) atoms. The van der Waals surface area contributed by atoms with Gasteiger partial charge in [0.25, 0.3) is 0 Å². The number of fused-ring (bicyclic) bond motifs is 1.